The summed E-state index contributed by atoms with van der Waals surface area (Å²) in [5.74, 6) is 0.846. The van der Waals surface area contributed by atoms with Crippen LogP contribution >= 0.6 is 23.4 Å². The predicted octanol–water partition coefficient (Wildman–Crippen LogP) is 6.33. The van der Waals surface area contributed by atoms with Gasteiger partial charge in [-0.2, -0.15) is 0 Å². The van der Waals surface area contributed by atoms with Crippen LogP contribution in [0.2, 0.25) is 5.02 Å². The van der Waals surface area contributed by atoms with Crippen LogP contribution in [0.25, 0.3) is 10.9 Å². The molecule has 0 spiro atoms. The number of carbonyl (C=O) groups is 1. The van der Waals surface area contributed by atoms with Gasteiger partial charge in [0, 0.05) is 51.4 Å². The Balaban J connectivity index is 1.43. The minimum Gasteiger partial charge on any atom is -0.350 e. The van der Waals surface area contributed by atoms with Gasteiger partial charge in [0.15, 0.2) is 0 Å². The lowest BCUT2D eigenvalue weighted by molar-refractivity contribution is 0.0952. The van der Waals surface area contributed by atoms with E-state index in [1.807, 2.05) is 11.8 Å². The lowest BCUT2D eigenvalue weighted by atomic mass is 10.2. The number of hydrogen-bond donors (Lipinski definition) is 1. The molecule has 0 radical (unpaired) electrons. The molecule has 152 valence electrons. The lowest BCUT2D eigenvalue weighted by Gasteiger charge is -2.08. The number of amides is 1. The number of benzene rings is 3. The molecular weight excluding hydrogens is 412 g/mol. The molecule has 4 rings (SSSR count). The van der Waals surface area contributed by atoms with Crippen LogP contribution in [0.1, 0.15) is 21.5 Å². The Labute approximate surface area is 186 Å². The van der Waals surface area contributed by atoms with E-state index in [4.69, 9.17) is 11.6 Å². The molecule has 3 nitrogen and oxygen atoms in total. The van der Waals surface area contributed by atoms with Crippen molar-refractivity contribution in [2.24, 2.45) is 0 Å². The molecule has 1 N–H and O–H groups in total. The summed E-state index contributed by atoms with van der Waals surface area (Å²) in [5.41, 5.74) is 4.40. The average molecular weight is 435 g/mol. The maximum absolute atomic E-state index is 12.3. The highest BCUT2D eigenvalue weighted by molar-refractivity contribution is 7.98. The molecule has 3 aromatic carbocycles. The summed E-state index contributed by atoms with van der Waals surface area (Å²) in [7, 11) is 0. The van der Waals surface area contributed by atoms with Gasteiger partial charge in [0.2, 0.25) is 0 Å². The number of halogens is 1. The zero-order valence-electron chi connectivity index (χ0n) is 16.8. The van der Waals surface area contributed by atoms with Gasteiger partial charge in [0.25, 0.3) is 5.91 Å². The number of fused-ring (bicyclic) bond motifs is 1. The van der Waals surface area contributed by atoms with E-state index >= 15 is 0 Å². The second-order valence-corrected chi connectivity index (χ2v) is 8.69. The van der Waals surface area contributed by atoms with Gasteiger partial charge in [0.1, 0.15) is 0 Å². The Morgan fingerprint density at radius 2 is 1.73 bits per heavy atom. The van der Waals surface area contributed by atoms with Crippen molar-refractivity contribution in [3.05, 3.63) is 101 Å². The Morgan fingerprint density at radius 3 is 2.50 bits per heavy atom. The van der Waals surface area contributed by atoms with E-state index in [0.717, 1.165) is 5.75 Å². The highest BCUT2D eigenvalue weighted by Crippen LogP contribution is 2.32. The molecule has 5 heteroatoms. The molecule has 1 heterocycles. The van der Waals surface area contributed by atoms with Crippen molar-refractivity contribution in [3.63, 3.8) is 0 Å². The third-order valence-electron chi connectivity index (χ3n) is 5.01. The number of para-hydroxylation sites is 1. The Bertz CT molecular complexity index is 1150. The molecular formula is C25H23ClN2OS. The van der Waals surface area contributed by atoms with Crippen molar-refractivity contribution in [3.8, 4) is 0 Å². The quantitative estimate of drug-likeness (QED) is 0.345. The molecule has 4 aromatic rings. The topological polar surface area (TPSA) is 34.0 Å². The number of nitrogens with zero attached hydrogens (tertiary/aromatic N) is 1. The number of carbonyl (C=O) groups excluding carboxylic acids is 1. The summed E-state index contributed by atoms with van der Waals surface area (Å²) in [6.45, 7) is 3.38. The normalized spacial score (nSPS) is 11.0. The maximum atomic E-state index is 12.3. The number of aryl methyl sites for hydroxylation is 1. The van der Waals surface area contributed by atoms with Gasteiger partial charge in [-0.15, -0.1) is 11.8 Å². The van der Waals surface area contributed by atoms with Crippen LogP contribution in [-0.2, 0) is 12.3 Å². The Kier molecular flexibility index (Phi) is 6.46. The first-order chi connectivity index (χ1) is 14.6. The van der Waals surface area contributed by atoms with Gasteiger partial charge in [-0.3, -0.25) is 4.79 Å². The summed E-state index contributed by atoms with van der Waals surface area (Å²) in [6, 6.07) is 24.0. The van der Waals surface area contributed by atoms with Crippen molar-refractivity contribution in [2.45, 2.75) is 24.1 Å². The summed E-state index contributed by atoms with van der Waals surface area (Å²) in [4.78, 5) is 13.6. The summed E-state index contributed by atoms with van der Waals surface area (Å²) >= 11 is 7.74. The molecule has 1 amide bonds. The van der Waals surface area contributed by atoms with Crippen LogP contribution < -0.4 is 5.32 Å². The molecule has 0 unspecified atom stereocenters. The van der Waals surface area contributed by atoms with E-state index < -0.39 is 0 Å². The van der Waals surface area contributed by atoms with E-state index in [0.29, 0.717) is 23.7 Å². The Hall–Kier alpha value is -2.69. The predicted molar refractivity (Wildman–Crippen MR) is 126 cm³/mol. The number of nitrogens with one attached hydrogen (secondary N) is 1. The van der Waals surface area contributed by atoms with Crippen LogP contribution in [0, 0.1) is 6.92 Å². The minimum absolute atomic E-state index is 0.0860. The zero-order valence-corrected chi connectivity index (χ0v) is 18.3. The lowest BCUT2D eigenvalue weighted by Crippen LogP contribution is -2.27. The third-order valence-corrected chi connectivity index (χ3v) is 6.38. The molecule has 0 fully saturated rings. The molecule has 0 saturated heterocycles. The monoisotopic (exact) mass is 434 g/mol. The first-order valence-electron chi connectivity index (χ1n) is 9.90. The molecule has 0 aliphatic heterocycles. The SMILES string of the molecule is Cc1ccc(CSc2cn(CCNC(=O)c3ccc(Cl)cc3)c3ccccc23)cc1. The van der Waals surface area contributed by atoms with Crippen molar-refractivity contribution in [2.75, 3.05) is 6.54 Å². The highest BCUT2D eigenvalue weighted by Gasteiger charge is 2.10. The van der Waals surface area contributed by atoms with Crippen molar-refractivity contribution in [1.82, 2.24) is 9.88 Å². The fourth-order valence-corrected chi connectivity index (χ4v) is 4.52. The van der Waals surface area contributed by atoms with Gasteiger partial charge in [-0.25, -0.2) is 0 Å². The van der Waals surface area contributed by atoms with Gasteiger partial charge < -0.3 is 9.88 Å². The highest BCUT2D eigenvalue weighted by atomic mass is 35.5. The van der Waals surface area contributed by atoms with Crippen LogP contribution in [0.4, 0.5) is 0 Å². The van der Waals surface area contributed by atoms with Crippen LogP contribution in [0.3, 0.4) is 0 Å². The standard InChI is InChI=1S/C25H23ClN2OS/c1-18-6-8-19(9-7-18)17-30-24-16-28(23-5-3-2-4-22(23)24)15-14-27-25(29)20-10-12-21(26)13-11-20/h2-13,16H,14-15,17H2,1H3,(H,27,29). The number of thioether (sulfide) groups is 1. The second-order valence-electron chi connectivity index (χ2n) is 7.24. The average Bonchev–Trinajstić information content (AvgIpc) is 3.12. The van der Waals surface area contributed by atoms with Gasteiger partial charge in [0.05, 0.1) is 0 Å². The van der Waals surface area contributed by atoms with Crippen LogP contribution in [0.15, 0.2) is 83.9 Å². The fraction of sp³-hybridized carbons (Fsp3) is 0.160. The molecule has 0 aliphatic carbocycles. The molecule has 1 aromatic heterocycles. The summed E-state index contributed by atoms with van der Waals surface area (Å²) in [6.07, 6.45) is 2.19. The van der Waals surface area contributed by atoms with Crippen molar-refractivity contribution < 1.29 is 4.79 Å². The summed E-state index contributed by atoms with van der Waals surface area (Å²) in [5, 5.41) is 4.87. The van der Waals surface area contributed by atoms with E-state index in [9.17, 15) is 4.79 Å². The fourth-order valence-electron chi connectivity index (χ4n) is 3.35. The Morgan fingerprint density at radius 1 is 1.00 bits per heavy atom. The molecule has 0 atom stereocenters. The summed E-state index contributed by atoms with van der Waals surface area (Å²) < 4.78 is 2.22. The largest absolute Gasteiger partial charge is 0.350 e. The van der Waals surface area contributed by atoms with E-state index in [-0.39, 0.29) is 5.91 Å². The first-order valence-corrected chi connectivity index (χ1v) is 11.3. The van der Waals surface area contributed by atoms with E-state index in [1.54, 1.807) is 24.3 Å². The molecule has 0 aliphatic rings. The van der Waals surface area contributed by atoms with Crippen molar-refractivity contribution in [1.29, 1.82) is 0 Å². The zero-order chi connectivity index (χ0) is 20.9. The van der Waals surface area contributed by atoms with Crippen molar-refractivity contribution >= 4 is 40.2 Å². The maximum Gasteiger partial charge on any atom is 0.251 e. The smallest absolute Gasteiger partial charge is 0.251 e. The van der Waals surface area contributed by atoms with E-state index in [1.165, 1.54) is 26.9 Å². The molecule has 0 bridgehead atoms. The van der Waals surface area contributed by atoms with Gasteiger partial charge in [-0.1, -0.05) is 59.6 Å². The van der Waals surface area contributed by atoms with Gasteiger partial charge >= 0.3 is 0 Å². The number of aromatic nitrogens is 1. The molecule has 30 heavy (non-hydrogen) atoms. The minimum atomic E-state index is -0.0860. The second kappa shape index (κ2) is 9.41. The third kappa shape index (κ3) is 4.89. The first kappa shape index (κ1) is 20.6. The van der Waals surface area contributed by atoms with Gasteiger partial charge in [-0.05, 0) is 42.8 Å². The number of rotatable bonds is 7. The molecule has 0 saturated carbocycles. The van der Waals surface area contributed by atoms with E-state index in [2.05, 4.69) is 71.5 Å². The van der Waals surface area contributed by atoms with Crippen LogP contribution in [0.5, 0.6) is 0 Å². The van der Waals surface area contributed by atoms with Crippen LogP contribution in [-0.4, -0.2) is 17.0 Å². The number of hydrogen-bond acceptors (Lipinski definition) is 2.